The average molecular weight is 308 g/mol. The van der Waals surface area contributed by atoms with Gasteiger partial charge in [0.15, 0.2) is 0 Å². The monoisotopic (exact) mass is 307 g/mol. The Kier molecular flexibility index (Phi) is 5.18. The highest BCUT2D eigenvalue weighted by Crippen LogP contribution is 2.32. The third-order valence-electron chi connectivity index (χ3n) is 3.81. The number of methoxy groups -OCH3 is 1. The van der Waals surface area contributed by atoms with Crippen molar-refractivity contribution in [1.29, 1.82) is 5.26 Å². The van der Waals surface area contributed by atoms with E-state index in [4.69, 9.17) is 21.6 Å². The molecule has 1 aliphatic rings. The summed E-state index contributed by atoms with van der Waals surface area (Å²) in [5.41, 5.74) is 0.457. The van der Waals surface area contributed by atoms with Gasteiger partial charge in [-0.3, -0.25) is 4.79 Å². The van der Waals surface area contributed by atoms with Gasteiger partial charge in [0.1, 0.15) is 0 Å². The number of rotatable bonds is 4. The van der Waals surface area contributed by atoms with Gasteiger partial charge in [-0.2, -0.15) is 5.26 Å². The molecule has 21 heavy (non-hydrogen) atoms. The molecule has 112 valence electrons. The SMILES string of the molecule is COCC1(C(=O)Nc2ccc(C#N)cc2Cl)CCNCC1. The Labute approximate surface area is 129 Å². The zero-order valence-electron chi connectivity index (χ0n) is 11.9. The molecule has 1 aromatic rings. The van der Waals surface area contributed by atoms with Gasteiger partial charge in [-0.15, -0.1) is 0 Å². The zero-order valence-corrected chi connectivity index (χ0v) is 12.7. The lowest BCUT2D eigenvalue weighted by Gasteiger charge is -2.35. The third kappa shape index (κ3) is 3.53. The molecule has 1 fully saturated rings. The summed E-state index contributed by atoms with van der Waals surface area (Å²) < 4.78 is 5.25. The standard InChI is InChI=1S/C15H18ClN3O2/c1-21-10-15(4-6-18-7-5-15)14(20)19-13-3-2-11(9-17)8-12(13)16/h2-3,8,18H,4-7,10H2,1H3,(H,19,20). The molecule has 1 saturated heterocycles. The molecule has 1 aromatic carbocycles. The Bertz CT molecular complexity index is 557. The highest BCUT2D eigenvalue weighted by Gasteiger charge is 2.39. The number of halogens is 1. The lowest BCUT2D eigenvalue weighted by atomic mass is 9.78. The Morgan fingerprint density at radius 2 is 2.24 bits per heavy atom. The van der Waals surface area contributed by atoms with E-state index in [9.17, 15) is 4.79 Å². The maximum Gasteiger partial charge on any atom is 0.233 e. The van der Waals surface area contributed by atoms with E-state index >= 15 is 0 Å². The van der Waals surface area contributed by atoms with Crippen molar-refractivity contribution < 1.29 is 9.53 Å². The van der Waals surface area contributed by atoms with Crippen LogP contribution in [0.5, 0.6) is 0 Å². The van der Waals surface area contributed by atoms with Crippen LogP contribution in [0.25, 0.3) is 0 Å². The van der Waals surface area contributed by atoms with Crippen LogP contribution in [0.1, 0.15) is 18.4 Å². The number of hydrogen-bond acceptors (Lipinski definition) is 4. The van der Waals surface area contributed by atoms with Crippen molar-refractivity contribution in [3.05, 3.63) is 28.8 Å². The van der Waals surface area contributed by atoms with Crippen LogP contribution >= 0.6 is 11.6 Å². The highest BCUT2D eigenvalue weighted by molar-refractivity contribution is 6.33. The first-order chi connectivity index (χ1) is 10.1. The van der Waals surface area contributed by atoms with Crippen LogP contribution in [-0.2, 0) is 9.53 Å². The summed E-state index contributed by atoms with van der Waals surface area (Å²) in [6.45, 7) is 1.96. The minimum atomic E-state index is -0.531. The van der Waals surface area contributed by atoms with Gasteiger partial charge in [0, 0.05) is 7.11 Å². The van der Waals surface area contributed by atoms with Gasteiger partial charge in [0.2, 0.25) is 5.91 Å². The third-order valence-corrected chi connectivity index (χ3v) is 4.12. The second kappa shape index (κ2) is 6.90. The van der Waals surface area contributed by atoms with Crippen LogP contribution < -0.4 is 10.6 Å². The number of carbonyl (C=O) groups is 1. The molecule has 0 atom stereocenters. The van der Waals surface area contributed by atoms with Gasteiger partial charge in [0.05, 0.1) is 34.4 Å². The molecule has 0 radical (unpaired) electrons. The molecule has 1 aliphatic heterocycles. The lowest BCUT2D eigenvalue weighted by molar-refractivity contribution is -0.130. The second-order valence-corrected chi connectivity index (χ2v) is 5.63. The number of benzene rings is 1. The fourth-order valence-electron chi connectivity index (χ4n) is 2.56. The summed E-state index contributed by atoms with van der Waals surface area (Å²) >= 11 is 6.10. The number of carbonyl (C=O) groups excluding carboxylic acids is 1. The largest absolute Gasteiger partial charge is 0.384 e. The molecule has 2 N–H and O–H groups in total. The van der Waals surface area contributed by atoms with E-state index in [2.05, 4.69) is 10.6 Å². The normalized spacial score (nSPS) is 17.0. The minimum absolute atomic E-state index is 0.0857. The van der Waals surface area contributed by atoms with Gasteiger partial charge in [-0.25, -0.2) is 0 Å². The molecule has 0 spiro atoms. The Morgan fingerprint density at radius 3 is 2.81 bits per heavy atom. The van der Waals surface area contributed by atoms with E-state index in [0.717, 1.165) is 25.9 Å². The maximum absolute atomic E-state index is 12.6. The van der Waals surface area contributed by atoms with Gasteiger partial charge < -0.3 is 15.4 Å². The first kappa shape index (κ1) is 15.8. The fourth-order valence-corrected chi connectivity index (χ4v) is 2.79. The Morgan fingerprint density at radius 1 is 1.52 bits per heavy atom. The van der Waals surface area contributed by atoms with Crippen LogP contribution in [-0.4, -0.2) is 32.7 Å². The number of nitrogens with zero attached hydrogens (tertiary/aromatic N) is 1. The molecule has 1 amide bonds. The van der Waals surface area contributed by atoms with Crippen molar-refractivity contribution in [2.75, 3.05) is 32.1 Å². The second-order valence-electron chi connectivity index (χ2n) is 5.22. The van der Waals surface area contributed by atoms with E-state index in [1.807, 2.05) is 6.07 Å². The summed E-state index contributed by atoms with van der Waals surface area (Å²) in [4.78, 5) is 12.6. The summed E-state index contributed by atoms with van der Waals surface area (Å²) in [7, 11) is 1.60. The quantitative estimate of drug-likeness (QED) is 0.894. The van der Waals surface area contributed by atoms with E-state index in [1.54, 1.807) is 25.3 Å². The Balaban J connectivity index is 2.17. The molecule has 0 unspecified atom stereocenters. The highest BCUT2D eigenvalue weighted by atomic mass is 35.5. The first-order valence-corrected chi connectivity index (χ1v) is 7.20. The number of hydrogen-bond donors (Lipinski definition) is 2. The smallest absolute Gasteiger partial charge is 0.233 e. The predicted molar refractivity (Wildman–Crippen MR) is 81.2 cm³/mol. The number of piperidine rings is 1. The van der Waals surface area contributed by atoms with Crippen molar-refractivity contribution >= 4 is 23.2 Å². The van der Waals surface area contributed by atoms with E-state index in [0.29, 0.717) is 22.9 Å². The predicted octanol–water partition coefficient (Wildman–Crippen LogP) is 2.17. The lowest BCUT2D eigenvalue weighted by Crippen LogP contribution is -2.47. The van der Waals surface area contributed by atoms with Gasteiger partial charge in [-0.05, 0) is 44.1 Å². The van der Waals surface area contributed by atoms with Crippen LogP contribution in [0.2, 0.25) is 5.02 Å². The summed E-state index contributed by atoms with van der Waals surface area (Å²) in [5, 5.41) is 15.3. The molecule has 0 bridgehead atoms. The molecule has 0 saturated carbocycles. The zero-order chi connectivity index (χ0) is 15.3. The number of nitrogens with one attached hydrogen (secondary N) is 2. The summed E-state index contributed by atoms with van der Waals surface area (Å²) in [5.74, 6) is -0.0857. The topological polar surface area (TPSA) is 74.1 Å². The van der Waals surface area contributed by atoms with Crippen molar-refractivity contribution in [3.8, 4) is 6.07 Å². The molecule has 0 aromatic heterocycles. The number of anilines is 1. The van der Waals surface area contributed by atoms with Gasteiger partial charge >= 0.3 is 0 Å². The van der Waals surface area contributed by atoms with Crippen LogP contribution in [0.4, 0.5) is 5.69 Å². The number of ether oxygens (including phenoxy) is 1. The van der Waals surface area contributed by atoms with Crippen molar-refractivity contribution in [2.24, 2.45) is 5.41 Å². The van der Waals surface area contributed by atoms with Crippen molar-refractivity contribution in [1.82, 2.24) is 5.32 Å². The molecular formula is C15H18ClN3O2. The van der Waals surface area contributed by atoms with Gasteiger partial charge in [-0.1, -0.05) is 11.6 Å². The number of nitriles is 1. The number of amides is 1. The summed E-state index contributed by atoms with van der Waals surface area (Å²) in [6, 6.07) is 6.84. The average Bonchev–Trinajstić information content (AvgIpc) is 2.50. The van der Waals surface area contributed by atoms with E-state index in [-0.39, 0.29) is 5.91 Å². The van der Waals surface area contributed by atoms with E-state index in [1.165, 1.54) is 0 Å². The van der Waals surface area contributed by atoms with Crippen LogP contribution in [0.3, 0.4) is 0 Å². The molecule has 0 aliphatic carbocycles. The van der Waals surface area contributed by atoms with Crippen LogP contribution in [0, 0.1) is 16.7 Å². The van der Waals surface area contributed by atoms with E-state index < -0.39 is 5.41 Å². The maximum atomic E-state index is 12.6. The summed E-state index contributed by atoms with van der Waals surface area (Å²) in [6.07, 6.45) is 1.45. The van der Waals surface area contributed by atoms with Crippen molar-refractivity contribution in [3.63, 3.8) is 0 Å². The molecule has 1 heterocycles. The van der Waals surface area contributed by atoms with Crippen molar-refractivity contribution in [2.45, 2.75) is 12.8 Å². The first-order valence-electron chi connectivity index (χ1n) is 6.82. The van der Waals surface area contributed by atoms with Gasteiger partial charge in [0.25, 0.3) is 0 Å². The molecule has 5 nitrogen and oxygen atoms in total. The fraction of sp³-hybridized carbons (Fsp3) is 0.467. The molecule has 2 rings (SSSR count). The molecule has 6 heteroatoms. The minimum Gasteiger partial charge on any atom is -0.384 e. The Hall–Kier alpha value is -1.61. The molecular weight excluding hydrogens is 290 g/mol. The van der Waals surface area contributed by atoms with Crippen LogP contribution in [0.15, 0.2) is 18.2 Å².